The minimum absolute atomic E-state index is 0. The Morgan fingerprint density at radius 2 is 1.68 bits per heavy atom. The van der Waals surface area contributed by atoms with Crippen LogP contribution >= 0.6 is 12.4 Å². The van der Waals surface area contributed by atoms with Crippen molar-refractivity contribution >= 4 is 29.9 Å². The first kappa shape index (κ1) is 21.5. The molecule has 6 heteroatoms. The van der Waals surface area contributed by atoms with Crippen LogP contribution in [0.25, 0.3) is 0 Å². The maximum absolute atomic E-state index is 12.2. The quantitative estimate of drug-likeness (QED) is 0.722. The highest BCUT2D eigenvalue weighted by molar-refractivity contribution is 5.95. The second kappa shape index (κ2) is 9.78. The van der Waals surface area contributed by atoms with E-state index in [-0.39, 0.29) is 36.2 Å². The van der Waals surface area contributed by atoms with E-state index >= 15 is 0 Å². The Kier molecular flexibility index (Phi) is 8.39. The van der Waals surface area contributed by atoms with Crippen LogP contribution in [0.4, 0.5) is 5.69 Å². The van der Waals surface area contributed by atoms with Crippen LogP contribution in [0.1, 0.15) is 49.7 Å². The Morgan fingerprint density at radius 3 is 2.24 bits per heavy atom. The first-order chi connectivity index (χ1) is 11.5. The van der Waals surface area contributed by atoms with E-state index in [2.05, 4.69) is 10.6 Å². The first-order valence-corrected chi connectivity index (χ1v) is 8.79. The van der Waals surface area contributed by atoms with Crippen molar-refractivity contribution < 1.29 is 9.59 Å². The van der Waals surface area contributed by atoms with Crippen LogP contribution in [0.5, 0.6) is 0 Å². The average molecular weight is 368 g/mol. The van der Waals surface area contributed by atoms with Gasteiger partial charge in [-0.1, -0.05) is 37.5 Å². The molecule has 25 heavy (non-hydrogen) atoms. The van der Waals surface area contributed by atoms with Gasteiger partial charge in [-0.15, -0.1) is 12.4 Å². The number of carbonyl (C=O) groups excluding carboxylic acids is 2. The molecule has 0 aromatic heterocycles. The number of hydrogen-bond acceptors (Lipinski definition) is 3. The third-order valence-corrected chi connectivity index (χ3v) is 5.07. The summed E-state index contributed by atoms with van der Waals surface area (Å²) in [5, 5.41) is 5.62. The van der Waals surface area contributed by atoms with Crippen LogP contribution in [-0.4, -0.2) is 24.9 Å². The molecule has 1 aliphatic carbocycles. The maximum Gasteiger partial charge on any atom is 0.243 e. The van der Waals surface area contributed by atoms with Crippen LogP contribution in [0.3, 0.4) is 0 Å². The third kappa shape index (κ3) is 6.01. The topological polar surface area (TPSA) is 84.2 Å². The van der Waals surface area contributed by atoms with Gasteiger partial charge in [0.2, 0.25) is 11.8 Å². The first-order valence-electron chi connectivity index (χ1n) is 8.79. The van der Waals surface area contributed by atoms with E-state index in [0.717, 1.165) is 42.5 Å². The van der Waals surface area contributed by atoms with Gasteiger partial charge in [0.05, 0.1) is 6.54 Å². The summed E-state index contributed by atoms with van der Waals surface area (Å²) in [5.74, 6) is -0.287. The molecule has 1 aliphatic rings. The van der Waals surface area contributed by atoms with E-state index in [9.17, 15) is 9.59 Å². The number of amides is 2. The lowest BCUT2D eigenvalue weighted by atomic mass is 9.71. The van der Waals surface area contributed by atoms with Crippen molar-refractivity contribution in [2.75, 3.05) is 18.4 Å². The number of benzene rings is 1. The van der Waals surface area contributed by atoms with Gasteiger partial charge < -0.3 is 16.4 Å². The highest BCUT2D eigenvalue weighted by Crippen LogP contribution is 2.38. The van der Waals surface area contributed by atoms with Gasteiger partial charge in [0.15, 0.2) is 0 Å². The number of para-hydroxylation sites is 1. The molecule has 0 atom stereocenters. The lowest BCUT2D eigenvalue weighted by molar-refractivity contribution is -0.126. The van der Waals surface area contributed by atoms with Crippen LogP contribution in [0.15, 0.2) is 18.2 Å². The summed E-state index contributed by atoms with van der Waals surface area (Å²) in [6, 6.07) is 5.86. The monoisotopic (exact) mass is 367 g/mol. The molecule has 2 amide bonds. The number of nitrogens with one attached hydrogen (secondary N) is 2. The number of hydrogen-bond donors (Lipinski definition) is 3. The molecular formula is C19H30ClN3O2. The van der Waals surface area contributed by atoms with Gasteiger partial charge in [0.25, 0.3) is 0 Å². The van der Waals surface area contributed by atoms with E-state index in [4.69, 9.17) is 5.73 Å². The number of carbonyl (C=O) groups is 2. The minimum Gasteiger partial charge on any atom is -0.347 e. The van der Waals surface area contributed by atoms with Crippen LogP contribution in [-0.2, 0) is 9.59 Å². The predicted octanol–water partition coefficient (Wildman–Crippen LogP) is 3.08. The molecule has 1 saturated carbocycles. The van der Waals surface area contributed by atoms with E-state index in [0.29, 0.717) is 13.0 Å². The van der Waals surface area contributed by atoms with Gasteiger partial charge in [0.1, 0.15) is 0 Å². The standard InChI is InChI=1S/C19H29N3O2.ClH/c1-14-7-6-8-15(2)18(14)22-17(24)12-21-16(23)11-19(13-20)9-4-3-5-10-19;/h6-8H,3-5,9-13,20H2,1-2H3,(H,21,23)(H,22,24);1H. The molecule has 1 aromatic carbocycles. The molecule has 1 aromatic rings. The second-order valence-electron chi connectivity index (χ2n) is 7.03. The third-order valence-electron chi connectivity index (χ3n) is 5.07. The minimum atomic E-state index is -0.203. The smallest absolute Gasteiger partial charge is 0.243 e. The Bertz CT molecular complexity index is 578. The summed E-state index contributed by atoms with van der Waals surface area (Å²) in [6.45, 7) is 4.44. The Labute approximate surface area is 156 Å². The van der Waals surface area contributed by atoms with Gasteiger partial charge in [0, 0.05) is 12.1 Å². The molecule has 1 fully saturated rings. The predicted molar refractivity (Wildman–Crippen MR) is 104 cm³/mol. The fourth-order valence-corrected chi connectivity index (χ4v) is 3.53. The number of aryl methyl sites for hydroxylation is 2. The number of anilines is 1. The Morgan fingerprint density at radius 1 is 1.08 bits per heavy atom. The summed E-state index contributed by atoms with van der Waals surface area (Å²) >= 11 is 0. The van der Waals surface area contributed by atoms with Crippen molar-refractivity contribution in [2.24, 2.45) is 11.1 Å². The van der Waals surface area contributed by atoms with Gasteiger partial charge in [-0.25, -0.2) is 0 Å². The number of rotatable bonds is 6. The summed E-state index contributed by atoms with van der Waals surface area (Å²) in [5.41, 5.74) is 8.69. The van der Waals surface area contributed by atoms with E-state index in [1.54, 1.807) is 0 Å². The molecule has 0 bridgehead atoms. The highest BCUT2D eigenvalue weighted by atomic mass is 35.5. The molecule has 5 nitrogen and oxygen atoms in total. The molecule has 0 heterocycles. The lowest BCUT2D eigenvalue weighted by Gasteiger charge is -2.35. The lowest BCUT2D eigenvalue weighted by Crippen LogP contribution is -2.40. The zero-order chi connectivity index (χ0) is 17.6. The van der Waals surface area contributed by atoms with E-state index < -0.39 is 0 Å². The molecule has 0 aliphatic heterocycles. The Balaban J connectivity index is 0.00000312. The average Bonchev–Trinajstić information content (AvgIpc) is 2.57. The largest absolute Gasteiger partial charge is 0.347 e. The SMILES string of the molecule is Cc1cccc(C)c1NC(=O)CNC(=O)CC1(CN)CCCCC1.Cl. The van der Waals surface area contributed by atoms with Gasteiger partial charge in [-0.2, -0.15) is 0 Å². The summed E-state index contributed by atoms with van der Waals surface area (Å²) in [7, 11) is 0. The van der Waals surface area contributed by atoms with Gasteiger partial charge >= 0.3 is 0 Å². The summed E-state index contributed by atoms with van der Waals surface area (Å²) in [6.07, 6.45) is 5.92. The summed E-state index contributed by atoms with van der Waals surface area (Å²) in [4.78, 5) is 24.3. The molecule has 2 rings (SSSR count). The van der Waals surface area contributed by atoms with Crippen molar-refractivity contribution in [2.45, 2.75) is 52.4 Å². The van der Waals surface area contributed by atoms with Crippen LogP contribution in [0, 0.1) is 19.3 Å². The van der Waals surface area contributed by atoms with Crippen molar-refractivity contribution in [3.8, 4) is 0 Å². The molecule has 0 saturated heterocycles. The highest BCUT2D eigenvalue weighted by Gasteiger charge is 2.32. The normalized spacial score (nSPS) is 15.8. The maximum atomic E-state index is 12.2. The van der Waals surface area contributed by atoms with Gasteiger partial charge in [-0.05, 0) is 49.8 Å². The molecule has 140 valence electrons. The molecule has 4 N–H and O–H groups in total. The zero-order valence-corrected chi connectivity index (χ0v) is 16.0. The van der Waals surface area contributed by atoms with E-state index in [1.165, 1.54) is 6.42 Å². The van der Waals surface area contributed by atoms with Crippen LogP contribution < -0.4 is 16.4 Å². The second-order valence-corrected chi connectivity index (χ2v) is 7.03. The zero-order valence-electron chi connectivity index (χ0n) is 15.2. The molecule has 0 radical (unpaired) electrons. The van der Waals surface area contributed by atoms with Crippen molar-refractivity contribution in [3.05, 3.63) is 29.3 Å². The van der Waals surface area contributed by atoms with Crippen molar-refractivity contribution in [1.29, 1.82) is 0 Å². The fourth-order valence-electron chi connectivity index (χ4n) is 3.53. The number of halogens is 1. The molecule has 0 spiro atoms. The van der Waals surface area contributed by atoms with Crippen LogP contribution in [0.2, 0.25) is 0 Å². The van der Waals surface area contributed by atoms with Crippen molar-refractivity contribution in [3.63, 3.8) is 0 Å². The van der Waals surface area contributed by atoms with Crippen molar-refractivity contribution in [1.82, 2.24) is 5.32 Å². The molecule has 0 unspecified atom stereocenters. The fraction of sp³-hybridized carbons (Fsp3) is 0.579. The molecular weight excluding hydrogens is 338 g/mol. The summed E-state index contributed by atoms with van der Waals surface area (Å²) < 4.78 is 0. The Hall–Kier alpha value is -1.59. The number of nitrogens with two attached hydrogens (primary N) is 1. The van der Waals surface area contributed by atoms with E-state index in [1.807, 2.05) is 32.0 Å². The van der Waals surface area contributed by atoms with Gasteiger partial charge in [-0.3, -0.25) is 9.59 Å².